The molecule has 1 aliphatic carbocycles. The number of fused-ring (bicyclic) bond motifs is 1. The topological polar surface area (TPSA) is 66.5 Å². The number of carbonyl (C=O) groups excluding carboxylic acids is 3. The molecule has 1 aromatic rings. The predicted octanol–water partition coefficient (Wildman–Crippen LogP) is 2.95. The molecule has 25 heavy (non-hydrogen) atoms. The molecule has 1 aromatic carbocycles. The van der Waals surface area contributed by atoms with E-state index in [0.29, 0.717) is 22.9 Å². The van der Waals surface area contributed by atoms with Gasteiger partial charge in [0.15, 0.2) is 0 Å². The van der Waals surface area contributed by atoms with Crippen LogP contribution in [0.25, 0.3) is 0 Å². The fraction of sp³-hybridized carbons (Fsp3) is 0.389. The smallest absolute Gasteiger partial charge is 0.233 e. The molecular weight excluding hydrogens is 363 g/mol. The largest absolute Gasteiger partial charge is 0.352 e. The monoisotopic (exact) mass is 380 g/mol. The standard InChI is InChI=1S/C18H18Cl2N2O3/c19-12-6-5-11(15(20)9-12)10-21-16(23)7-8-22-17(24)13-3-1-2-4-14(13)18(22)25/h1-2,5-6,9,13-14H,3-4,7-8,10H2,(H,21,23)/t13-,14-/m0/s1. The number of carbonyl (C=O) groups is 3. The molecule has 0 radical (unpaired) electrons. The highest BCUT2D eigenvalue weighted by Crippen LogP contribution is 2.35. The summed E-state index contributed by atoms with van der Waals surface area (Å²) in [5, 5.41) is 3.76. The van der Waals surface area contributed by atoms with Gasteiger partial charge in [0.1, 0.15) is 0 Å². The van der Waals surface area contributed by atoms with E-state index in [9.17, 15) is 14.4 Å². The Morgan fingerprint density at radius 2 is 1.76 bits per heavy atom. The minimum atomic E-state index is -0.256. The second-order valence-corrected chi connectivity index (χ2v) is 7.09. The van der Waals surface area contributed by atoms with E-state index in [0.717, 1.165) is 5.56 Å². The normalized spacial score (nSPS) is 22.2. The van der Waals surface area contributed by atoms with E-state index >= 15 is 0 Å². The molecule has 132 valence electrons. The van der Waals surface area contributed by atoms with Crippen molar-refractivity contribution in [3.8, 4) is 0 Å². The molecular formula is C18H18Cl2N2O3. The summed E-state index contributed by atoms with van der Waals surface area (Å²) >= 11 is 11.9. The lowest BCUT2D eigenvalue weighted by molar-refractivity contribution is -0.140. The maximum atomic E-state index is 12.3. The highest BCUT2D eigenvalue weighted by atomic mass is 35.5. The zero-order valence-electron chi connectivity index (χ0n) is 13.5. The first-order chi connectivity index (χ1) is 12.0. The highest BCUT2D eigenvalue weighted by Gasteiger charge is 2.46. The molecule has 1 saturated heterocycles. The Bertz CT molecular complexity index is 722. The van der Waals surface area contributed by atoms with Crippen molar-refractivity contribution in [1.82, 2.24) is 10.2 Å². The molecule has 1 fully saturated rings. The van der Waals surface area contributed by atoms with Gasteiger partial charge in [-0.25, -0.2) is 0 Å². The van der Waals surface area contributed by atoms with Gasteiger partial charge in [-0.15, -0.1) is 0 Å². The number of rotatable bonds is 5. The molecule has 2 aliphatic rings. The molecule has 0 saturated carbocycles. The number of hydrogen-bond acceptors (Lipinski definition) is 3. The quantitative estimate of drug-likeness (QED) is 0.630. The van der Waals surface area contributed by atoms with Gasteiger partial charge in [0, 0.05) is 29.6 Å². The van der Waals surface area contributed by atoms with Crippen molar-refractivity contribution in [2.45, 2.75) is 25.8 Å². The number of hydrogen-bond donors (Lipinski definition) is 1. The molecule has 1 aliphatic heterocycles. The number of nitrogens with one attached hydrogen (secondary N) is 1. The number of allylic oxidation sites excluding steroid dienone is 2. The van der Waals surface area contributed by atoms with Crippen molar-refractivity contribution in [1.29, 1.82) is 0 Å². The van der Waals surface area contributed by atoms with Crippen LogP contribution in [0.5, 0.6) is 0 Å². The Balaban J connectivity index is 1.51. The molecule has 3 amide bonds. The van der Waals surface area contributed by atoms with Crippen LogP contribution in [-0.4, -0.2) is 29.2 Å². The lowest BCUT2D eigenvalue weighted by Crippen LogP contribution is -2.35. The molecule has 3 rings (SSSR count). The van der Waals surface area contributed by atoms with Crippen molar-refractivity contribution in [2.75, 3.05) is 6.54 Å². The van der Waals surface area contributed by atoms with Crippen LogP contribution < -0.4 is 5.32 Å². The third-order valence-electron chi connectivity index (χ3n) is 4.65. The lowest BCUT2D eigenvalue weighted by Gasteiger charge is -2.14. The zero-order chi connectivity index (χ0) is 18.0. The van der Waals surface area contributed by atoms with Crippen molar-refractivity contribution in [2.24, 2.45) is 11.8 Å². The molecule has 0 bridgehead atoms. The Kier molecular flexibility index (Phi) is 5.45. The van der Waals surface area contributed by atoms with Crippen LogP contribution in [0.1, 0.15) is 24.8 Å². The minimum Gasteiger partial charge on any atom is -0.352 e. The summed E-state index contributed by atoms with van der Waals surface area (Å²) in [6.45, 7) is 0.386. The Hall–Kier alpha value is -1.85. The summed E-state index contributed by atoms with van der Waals surface area (Å²) in [6, 6.07) is 5.06. The van der Waals surface area contributed by atoms with E-state index in [1.54, 1.807) is 18.2 Å². The van der Waals surface area contributed by atoms with Gasteiger partial charge in [0.25, 0.3) is 0 Å². The third kappa shape index (κ3) is 3.88. The van der Waals surface area contributed by atoms with Crippen LogP contribution in [0.2, 0.25) is 10.0 Å². The summed E-state index contributed by atoms with van der Waals surface area (Å²) < 4.78 is 0. The van der Waals surface area contributed by atoms with E-state index in [1.165, 1.54) is 4.90 Å². The van der Waals surface area contributed by atoms with Crippen LogP contribution in [0, 0.1) is 11.8 Å². The van der Waals surface area contributed by atoms with Gasteiger partial charge in [0.05, 0.1) is 11.8 Å². The van der Waals surface area contributed by atoms with Crippen molar-refractivity contribution >= 4 is 40.9 Å². The van der Waals surface area contributed by atoms with Crippen LogP contribution in [0.3, 0.4) is 0 Å². The fourth-order valence-corrected chi connectivity index (χ4v) is 3.73. The first kappa shape index (κ1) is 18.0. The second-order valence-electron chi connectivity index (χ2n) is 6.25. The van der Waals surface area contributed by atoms with E-state index in [1.807, 2.05) is 12.2 Å². The summed E-state index contributed by atoms with van der Waals surface area (Å²) in [4.78, 5) is 37.9. The molecule has 1 heterocycles. The van der Waals surface area contributed by atoms with Crippen molar-refractivity contribution < 1.29 is 14.4 Å². The molecule has 0 aromatic heterocycles. The number of imide groups is 1. The Labute approximate surface area is 156 Å². The van der Waals surface area contributed by atoms with Crippen LogP contribution in [0.15, 0.2) is 30.4 Å². The summed E-state index contributed by atoms with van der Waals surface area (Å²) in [5.74, 6) is -1.07. The summed E-state index contributed by atoms with van der Waals surface area (Å²) in [5.41, 5.74) is 0.754. The average Bonchev–Trinajstić information content (AvgIpc) is 2.84. The first-order valence-corrected chi connectivity index (χ1v) is 8.94. The molecule has 0 spiro atoms. The van der Waals surface area contributed by atoms with Gasteiger partial charge in [-0.05, 0) is 30.5 Å². The van der Waals surface area contributed by atoms with Crippen molar-refractivity contribution in [3.63, 3.8) is 0 Å². The number of amides is 3. The second kappa shape index (κ2) is 7.58. The van der Waals surface area contributed by atoms with Crippen LogP contribution >= 0.6 is 23.2 Å². The minimum absolute atomic E-state index is 0.0789. The maximum absolute atomic E-state index is 12.3. The molecule has 7 heteroatoms. The fourth-order valence-electron chi connectivity index (χ4n) is 3.25. The van der Waals surface area contributed by atoms with Gasteiger partial charge in [-0.1, -0.05) is 41.4 Å². The van der Waals surface area contributed by atoms with Crippen LogP contribution in [-0.2, 0) is 20.9 Å². The number of benzene rings is 1. The molecule has 5 nitrogen and oxygen atoms in total. The Morgan fingerprint density at radius 1 is 1.12 bits per heavy atom. The number of halogens is 2. The lowest BCUT2D eigenvalue weighted by atomic mass is 9.85. The maximum Gasteiger partial charge on any atom is 0.233 e. The predicted molar refractivity (Wildman–Crippen MR) is 95.0 cm³/mol. The van der Waals surface area contributed by atoms with Gasteiger partial charge >= 0.3 is 0 Å². The summed E-state index contributed by atoms with van der Waals surface area (Å²) in [6.07, 6.45) is 5.17. The van der Waals surface area contributed by atoms with Gasteiger partial charge in [-0.2, -0.15) is 0 Å². The van der Waals surface area contributed by atoms with E-state index in [4.69, 9.17) is 23.2 Å². The molecule has 1 N–H and O–H groups in total. The number of likely N-dealkylation sites (tertiary alicyclic amines) is 1. The first-order valence-electron chi connectivity index (χ1n) is 8.18. The van der Waals surface area contributed by atoms with E-state index in [-0.39, 0.29) is 49.1 Å². The summed E-state index contributed by atoms with van der Waals surface area (Å²) in [7, 11) is 0. The molecule has 2 atom stereocenters. The van der Waals surface area contributed by atoms with Gasteiger partial charge in [0.2, 0.25) is 17.7 Å². The average molecular weight is 381 g/mol. The SMILES string of the molecule is O=C(CCN1C(=O)[C@H]2CC=CC[C@@H]2C1=O)NCc1ccc(Cl)cc1Cl. The molecule has 0 unspecified atom stereocenters. The third-order valence-corrected chi connectivity index (χ3v) is 5.24. The Morgan fingerprint density at radius 3 is 2.36 bits per heavy atom. The van der Waals surface area contributed by atoms with Gasteiger partial charge < -0.3 is 5.32 Å². The van der Waals surface area contributed by atoms with Crippen LogP contribution in [0.4, 0.5) is 0 Å². The zero-order valence-corrected chi connectivity index (χ0v) is 15.0. The van der Waals surface area contributed by atoms with Gasteiger partial charge in [-0.3, -0.25) is 19.3 Å². The highest BCUT2D eigenvalue weighted by molar-refractivity contribution is 6.35. The number of nitrogens with zero attached hydrogens (tertiary/aromatic N) is 1. The van der Waals surface area contributed by atoms with Crippen molar-refractivity contribution in [3.05, 3.63) is 46.0 Å². The van der Waals surface area contributed by atoms with E-state index < -0.39 is 0 Å². The van der Waals surface area contributed by atoms with E-state index in [2.05, 4.69) is 5.32 Å².